The zero-order valence-electron chi connectivity index (χ0n) is 16.5. The van der Waals surface area contributed by atoms with Crippen LogP contribution in [0.25, 0.3) is 20.3 Å². The first-order valence-corrected chi connectivity index (χ1v) is 11.6. The first-order valence-electron chi connectivity index (χ1n) is 9.90. The summed E-state index contributed by atoms with van der Waals surface area (Å²) in [6.07, 6.45) is 4.24. The first-order chi connectivity index (χ1) is 14.7. The van der Waals surface area contributed by atoms with Crippen molar-refractivity contribution in [1.29, 1.82) is 0 Å². The first kappa shape index (κ1) is 19.3. The maximum Gasteiger partial charge on any atom is 0.258 e. The van der Waals surface area contributed by atoms with Crippen LogP contribution in [0.1, 0.15) is 23.4 Å². The maximum atomic E-state index is 12.3. The van der Waals surface area contributed by atoms with Crippen LogP contribution in [0.15, 0.2) is 35.8 Å². The minimum Gasteiger partial charge on any atom is -0.483 e. The van der Waals surface area contributed by atoms with Crippen molar-refractivity contribution < 1.29 is 14.3 Å². The molecule has 1 amide bonds. The summed E-state index contributed by atoms with van der Waals surface area (Å²) in [6.45, 7) is 3.10. The van der Waals surface area contributed by atoms with Crippen molar-refractivity contribution in [3.05, 3.63) is 46.4 Å². The molecule has 30 heavy (non-hydrogen) atoms. The molecule has 3 heterocycles. The number of carbonyl (C=O) groups is 1. The SMILES string of the molecule is Cc1nc2c(cc(OCC(=O)NCc3ccc(OCC4CC4)nc3)c3ccsc32)s1. The number of hydrogen-bond donors (Lipinski definition) is 1. The summed E-state index contributed by atoms with van der Waals surface area (Å²) in [6, 6.07) is 7.76. The quantitative estimate of drug-likeness (QED) is 0.431. The summed E-state index contributed by atoms with van der Waals surface area (Å²) >= 11 is 3.28. The van der Waals surface area contributed by atoms with Gasteiger partial charge in [0, 0.05) is 30.3 Å². The van der Waals surface area contributed by atoms with Gasteiger partial charge in [-0.1, -0.05) is 6.07 Å². The molecule has 0 atom stereocenters. The standard InChI is InChI=1S/C22H21N3O3S2/c1-13-25-21-18(30-13)8-17(16-6-7-29-22(16)21)27-12-19(26)23-9-15-4-5-20(24-10-15)28-11-14-2-3-14/h4-8,10,14H,2-3,9,11-12H2,1H3,(H,23,26). The van der Waals surface area contributed by atoms with E-state index in [-0.39, 0.29) is 12.5 Å². The molecule has 4 aromatic rings. The van der Waals surface area contributed by atoms with Gasteiger partial charge in [-0.05, 0) is 42.7 Å². The third-order valence-electron chi connectivity index (χ3n) is 4.98. The number of fused-ring (bicyclic) bond motifs is 3. The predicted octanol–water partition coefficient (Wildman–Crippen LogP) is 4.70. The van der Waals surface area contributed by atoms with Crippen molar-refractivity contribution in [1.82, 2.24) is 15.3 Å². The van der Waals surface area contributed by atoms with Gasteiger partial charge in [-0.2, -0.15) is 0 Å². The topological polar surface area (TPSA) is 73.3 Å². The van der Waals surface area contributed by atoms with E-state index >= 15 is 0 Å². The smallest absolute Gasteiger partial charge is 0.258 e. The molecule has 1 N–H and O–H groups in total. The Kier molecular flexibility index (Phi) is 5.26. The zero-order valence-corrected chi connectivity index (χ0v) is 18.1. The van der Waals surface area contributed by atoms with E-state index in [0.717, 1.165) is 43.2 Å². The average molecular weight is 440 g/mol. The monoisotopic (exact) mass is 439 g/mol. The minimum absolute atomic E-state index is 0.0374. The molecule has 1 aromatic carbocycles. The fourth-order valence-corrected chi connectivity index (χ4v) is 5.02. The minimum atomic E-state index is -0.173. The second kappa shape index (κ2) is 8.20. The second-order valence-electron chi connectivity index (χ2n) is 7.44. The number of carbonyl (C=O) groups excluding carboxylic acids is 1. The molecule has 0 spiro atoms. The van der Waals surface area contributed by atoms with E-state index in [1.807, 2.05) is 36.6 Å². The Hall–Kier alpha value is -2.71. The molecule has 0 aliphatic heterocycles. The number of nitrogens with one attached hydrogen (secondary N) is 1. The number of ether oxygens (including phenoxy) is 2. The Morgan fingerprint density at radius 2 is 2.17 bits per heavy atom. The normalized spacial score (nSPS) is 13.6. The van der Waals surface area contributed by atoms with Gasteiger partial charge in [0.2, 0.25) is 5.88 Å². The number of hydrogen-bond acceptors (Lipinski definition) is 7. The summed E-state index contributed by atoms with van der Waals surface area (Å²) < 4.78 is 13.7. The molecule has 1 aliphatic rings. The van der Waals surface area contributed by atoms with Crippen LogP contribution >= 0.6 is 22.7 Å². The van der Waals surface area contributed by atoms with Gasteiger partial charge < -0.3 is 14.8 Å². The lowest BCUT2D eigenvalue weighted by Crippen LogP contribution is -2.28. The third-order valence-corrected chi connectivity index (χ3v) is 6.82. The molecule has 6 nitrogen and oxygen atoms in total. The van der Waals surface area contributed by atoms with Crippen LogP contribution in [-0.2, 0) is 11.3 Å². The van der Waals surface area contributed by atoms with Gasteiger partial charge in [-0.15, -0.1) is 22.7 Å². The Bertz CT molecular complexity index is 1200. The van der Waals surface area contributed by atoms with Gasteiger partial charge >= 0.3 is 0 Å². The Morgan fingerprint density at radius 3 is 2.97 bits per heavy atom. The van der Waals surface area contributed by atoms with Gasteiger partial charge in [0.25, 0.3) is 5.91 Å². The Labute approximate surface area is 181 Å². The van der Waals surface area contributed by atoms with E-state index in [4.69, 9.17) is 9.47 Å². The highest BCUT2D eigenvalue weighted by molar-refractivity contribution is 7.21. The maximum absolute atomic E-state index is 12.3. The average Bonchev–Trinajstić information content (AvgIpc) is 3.30. The number of aromatic nitrogens is 2. The van der Waals surface area contributed by atoms with E-state index in [2.05, 4.69) is 15.3 Å². The molecule has 1 fully saturated rings. The van der Waals surface area contributed by atoms with Crippen molar-refractivity contribution in [2.75, 3.05) is 13.2 Å². The molecule has 1 aliphatic carbocycles. The number of rotatable bonds is 8. The van der Waals surface area contributed by atoms with E-state index in [0.29, 0.717) is 18.3 Å². The van der Waals surface area contributed by atoms with E-state index in [9.17, 15) is 4.79 Å². The number of benzene rings is 1. The Morgan fingerprint density at radius 1 is 1.27 bits per heavy atom. The highest BCUT2D eigenvalue weighted by Crippen LogP contribution is 2.38. The lowest BCUT2D eigenvalue weighted by molar-refractivity contribution is -0.123. The van der Waals surface area contributed by atoms with E-state index < -0.39 is 0 Å². The largest absolute Gasteiger partial charge is 0.483 e. The molecule has 0 radical (unpaired) electrons. The molecule has 0 bridgehead atoms. The highest BCUT2D eigenvalue weighted by atomic mass is 32.1. The molecule has 3 aromatic heterocycles. The lowest BCUT2D eigenvalue weighted by Gasteiger charge is -2.09. The van der Waals surface area contributed by atoms with Gasteiger partial charge in [0.05, 0.1) is 26.5 Å². The van der Waals surface area contributed by atoms with Gasteiger partial charge in [-0.3, -0.25) is 4.79 Å². The molecule has 0 saturated heterocycles. The number of nitrogens with zero attached hydrogens (tertiary/aromatic N) is 2. The summed E-state index contributed by atoms with van der Waals surface area (Å²) in [5, 5.41) is 6.92. The molecule has 1 saturated carbocycles. The van der Waals surface area contributed by atoms with Crippen molar-refractivity contribution >= 4 is 48.9 Å². The van der Waals surface area contributed by atoms with E-state index in [1.54, 1.807) is 28.9 Å². The molecule has 5 rings (SSSR count). The number of pyridine rings is 1. The summed E-state index contributed by atoms with van der Waals surface area (Å²) in [5.41, 5.74) is 1.93. The molecule has 0 unspecified atom stereocenters. The number of amides is 1. The van der Waals surface area contributed by atoms with Crippen molar-refractivity contribution in [3.8, 4) is 11.6 Å². The number of aryl methyl sites for hydroxylation is 1. The highest BCUT2D eigenvalue weighted by Gasteiger charge is 2.22. The summed E-state index contributed by atoms with van der Waals surface area (Å²) in [4.78, 5) is 21.2. The fourth-order valence-electron chi connectivity index (χ4n) is 3.19. The van der Waals surface area contributed by atoms with Crippen LogP contribution in [0.2, 0.25) is 0 Å². The van der Waals surface area contributed by atoms with Gasteiger partial charge in [0.15, 0.2) is 6.61 Å². The summed E-state index contributed by atoms with van der Waals surface area (Å²) in [7, 11) is 0. The number of thiazole rings is 1. The van der Waals surface area contributed by atoms with Crippen LogP contribution in [0.4, 0.5) is 0 Å². The van der Waals surface area contributed by atoms with E-state index in [1.165, 1.54) is 12.8 Å². The fraction of sp³-hybridized carbons (Fsp3) is 0.318. The van der Waals surface area contributed by atoms with Crippen LogP contribution in [0, 0.1) is 12.8 Å². The predicted molar refractivity (Wildman–Crippen MR) is 120 cm³/mol. The second-order valence-corrected chi connectivity index (χ2v) is 9.59. The van der Waals surface area contributed by atoms with Gasteiger partial charge in [0.1, 0.15) is 5.75 Å². The zero-order chi connectivity index (χ0) is 20.5. The van der Waals surface area contributed by atoms with Crippen LogP contribution in [0.5, 0.6) is 11.6 Å². The number of thiophene rings is 1. The molecular weight excluding hydrogens is 418 g/mol. The van der Waals surface area contributed by atoms with Crippen molar-refractivity contribution in [2.24, 2.45) is 5.92 Å². The van der Waals surface area contributed by atoms with Crippen LogP contribution < -0.4 is 14.8 Å². The Balaban J connectivity index is 1.17. The van der Waals surface area contributed by atoms with Crippen LogP contribution in [-0.4, -0.2) is 29.1 Å². The van der Waals surface area contributed by atoms with Crippen molar-refractivity contribution in [3.63, 3.8) is 0 Å². The van der Waals surface area contributed by atoms with Crippen molar-refractivity contribution in [2.45, 2.75) is 26.3 Å². The molecule has 154 valence electrons. The summed E-state index contributed by atoms with van der Waals surface area (Å²) in [5.74, 6) is 1.88. The molecular formula is C22H21N3O3S2. The van der Waals surface area contributed by atoms with Crippen LogP contribution in [0.3, 0.4) is 0 Å². The lowest BCUT2D eigenvalue weighted by atomic mass is 10.2. The molecule has 8 heteroatoms. The van der Waals surface area contributed by atoms with Gasteiger partial charge in [-0.25, -0.2) is 9.97 Å². The third kappa shape index (κ3) is 4.24.